The molecule has 0 atom stereocenters. The van der Waals surface area contributed by atoms with Gasteiger partial charge in [0.15, 0.2) is 11.6 Å². The van der Waals surface area contributed by atoms with Crippen LogP contribution in [0, 0.1) is 5.82 Å². The molecular weight excluding hydrogens is 237 g/mol. The number of aromatic nitrogens is 1. The Balaban J connectivity index is 2.20. The van der Waals surface area contributed by atoms with E-state index in [-0.39, 0.29) is 5.75 Å². The van der Waals surface area contributed by atoms with Crippen LogP contribution in [-0.4, -0.2) is 17.3 Å². The molecule has 94 valence electrons. The topological polar surface area (TPSA) is 66.4 Å². The van der Waals surface area contributed by atoms with Crippen molar-refractivity contribution in [2.45, 2.75) is 0 Å². The monoisotopic (exact) mass is 249 g/mol. The van der Waals surface area contributed by atoms with Gasteiger partial charge in [0, 0.05) is 24.0 Å². The summed E-state index contributed by atoms with van der Waals surface area (Å²) in [4.78, 5) is 4.04. The molecule has 5 nitrogen and oxygen atoms in total. The van der Waals surface area contributed by atoms with Gasteiger partial charge in [-0.2, -0.15) is 0 Å². The molecule has 0 bridgehead atoms. The van der Waals surface area contributed by atoms with Crippen LogP contribution in [0.4, 0.5) is 21.6 Å². The molecule has 0 amide bonds. The second-order valence-corrected chi connectivity index (χ2v) is 3.52. The number of rotatable bonds is 4. The Hall–Kier alpha value is -2.34. The largest absolute Gasteiger partial charge is 0.494 e. The van der Waals surface area contributed by atoms with E-state index in [0.29, 0.717) is 17.2 Å². The number of hydrogen-bond donors (Lipinski definition) is 3. The van der Waals surface area contributed by atoms with E-state index in [1.165, 1.54) is 25.4 Å². The summed E-state index contributed by atoms with van der Waals surface area (Å²) in [7, 11) is 1.41. The Morgan fingerprint density at radius 3 is 2.72 bits per heavy atom. The molecule has 18 heavy (non-hydrogen) atoms. The summed E-state index contributed by atoms with van der Waals surface area (Å²) in [5, 5.41) is 11.7. The Kier molecular flexibility index (Phi) is 3.59. The summed E-state index contributed by atoms with van der Waals surface area (Å²) in [6, 6.07) is 7.68. The Bertz CT molecular complexity index is 549. The van der Waals surface area contributed by atoms with Crippen LogP contribution >= 0.6 is 0 Å². The summed E-state index contributed by atoms with van der Waals surface area (Å²) < 4.78 is 18.3. The van der Waals surface area contributed by atoms with Crippen LogP contribution in [-0.2, 0) is 0 Å². The van der Waals surface area contributed by atoms with Crippen LogP contribution in [0.25, 0.3) is 0 Å². The fourth-order valence-electron chi connectivity index (χ4n) is 1.46. The molecule has 0 aliphatic carbocycles. The quantitative estimate of drug-likeness (QED) is 0.727. The van der Waals surface area contributed by atoms with E-state index in [0.717, 1.165) is 0 Å². The third-order valence-electron chi connectivity index (χ3n) is 2.31. The highest BCUT2D eigenvalue weighted by Crippen LogP contribution is 2.23. The highest BCUT2D eigenvalue weighted by atomic mass is 19.1. The molecular formula is C12H12FN3O2. The maximum absolute atomic E-state index is 13.5. The third kappa shape index (κ3) is 2.67. The van der Waals surface area contributed by atoms with E-state index in [9.17, 15) is 4.39 Å². The zero-order valence-electron chi connectivity index (χ0n) is 9.64. The minimum atomic E-state index is -0.459. The SMILES string of the molecule is COc1ccc(Nc2cc(NO)ccn2)cc1F. The van der Waals surface area contributed by atoms with Crippen LogP contribution in [0.2, 0.25) is 0 Å². The van der Waals surface area contributed by atoms with E-state index < -0.39 is 5.82 Å². The highest BCUT2D eigenvalue weighted by molar-refractivity contribution is 5.61. The van der Waals surface area contributed by atoms with E-state index in [1.807, 2.05) is 5.48 Å². The first-order chi connectivity index (χ1) is 8.72. The lowest BCUT2D eigenvalue weighted by molar-refractivity contribution is 0.386. The van der Waals surface area contributed by atoms with Gasteiger partial charge in [-0.05, 0) is 18.2 Å². The van der Waals surface area contributed by atoms with Gasteiger partial charge in [0.25, 0.3) is 0 Å². The molecule has 0 unspecified atom stereocenters. The number of anilines is 3. The molecule has 1 aromatic heterocycles. The number of nitrogens with one attached hydrogen (secondary N) is 2. The molecule has 6 heteroatoms. The normalized spacial score (nSPS) is 9.94. The van der Waals surface area contributed by atoms with Crippen molar-refractivity contribution in [2.24, 2.45) is 0 Å². The average Bonchev–Trinajstić information content (AvgIpc) is 2.39. The Morgan fingerprint density at radius 2 is 2.06 bits per heavy atom. The number of benzene rings is 1. The standard InChI is InChI=1S/C12H12FN3O2/c1-18-11-3-2-8(6-10(11)13)15-12-7-9(16-17)4-5-14-12/h2-7,17H,1H3,(H2,14,15,16). The fraction of sp³-hybridized carbons (Fsp3) is 0.0833. The van der Waals surface area contributed by atoms with Crippen molar-refractivity contribution in [2.75, 3.05) is 17.9 Å². The smallest absolute Gasteiger partial charge is 0.167 e. The molecule has 0 aliphatic heterocycles. The van der Waals surface area contributed by atoms with Crippen molar-refractivity contribution in [3.63, 3.8) is 0 Å². The van der Waals surface area contributed by atoms with E-state index >= 15 is 0 Å². The number of halogens is 1. The molecule has 2 aromatic rings. The Labute approximate surface area is 103 Å². The van der Waals surface area contributed by atoms with Gasteiger partial charge in [-0.25, -0.2) is 9.37 Å². The highest BCUT2D eigenvalue weighted by Gasteiger charge is 2.04. The third-order valence-corrected chi connectivity index (χ3v) is 2.31. The first-order valence-electron chi connectivity index (χ1n) is 5.19. The van der Waals surface area contributed by atoms with Crippen molar-refractivity contribution < 1.29 is 14.3 Å². The molecule has 1 heterocycles. The number of ether oxygens (including phenoxy) is 1. The first-order valence-corrected chi connectivity index (χ1v) is 5.19. The average molecular weight is 249 g/mol. The predicted octanol–water partition coefficient (Wildman–Crippen LogP) is 2.77. The van der Waals surface area contributed by atoms with Crippen molar-refractivity contribution in [3.8, 4) is 5.75 Å². The van der Waals surface area contributed by atoms with Gasteiger partial charge in [-0.1, -0.05) is 0 Å². The van der Waals surface area contributed by atoms with Gasteiger partial charge < -0.3 is 10.1 Å². The summed E-state index contributed by atoms with van der Waals surface area (Å²) in [5.41, 5.74) is 3.03. The minimum absolute atomic E-state index is 0.180. The maximum Gasteiger partial charge on any atom is 0.167 e. The number of nitrogens with zero attached hydrogens (tertiary/aromatic N) is 1. The van der Waals surface area contributed by atoms with Gasteiger partial charge in [0.1, 0.15) is 5.82 Å². The van der Waals surface area contributed by atoms with Crippen LogP contribution < -0.4 is 15.5 Å². The van der Waals surface area contributed by atoms with Crippen molar-refractivity contribution >= 4 is 17.2 Å². The molecule has 0 saturated heterocycles. The van der Waals surface area contributed by atoms with Crippen molar-refractivity contribution in [1.82, 2.24) is 4.98 Å². The van der Waals surface area contributed by atoms with E-state index in [4.69, 9.17) is 9.94 Å². The van der Waals surface area contributed by atoms with Crippen molar-refractivity contribution in [3.05, 3.63) is 42.3 Å². The number of hydrogen-bond acceptors (Lipinski definition) is 5. The minimum Gasteiger partial charge on any atom is -0.494 e. The predicted molar refractivity (Wildman–Crippen MR) is 65.9 cm³/mol. The first kappa shape index (κ1) is 12.1. The summed E-state index contributed by atoms with van der Waals surface area (Å²) in [6.07, 6.45) is 1.51. The molecule has 1 aromatic carbocycles. The molecule has 0 radical (unpaired) electrons. The van der Waals surface area contributed by atoms with E-state index in [1.54, 1.807) is 18.2 Å². The van der Waals surface area contributed by atoms with Gasteiger partial charge >= 0.3 is 0 Å². The molecule has 0 fully saturated rings. The Morgan fingerprint density at radius 1 is 1.22 bits per heavy atom. The second-order valence-electron chi connectivity index (χ2n) is 3.52. The molecule has 0 aliphatic rings. The molecule has 0 saturated carbocycles. The zero-order valence-corrected chi connectivity index (χ0v) is 9.64. The zero-order chi connectivity index (χ0) is 13.0. The maximum atomic E-state index is 13.5. The lowest BCUT2D eigenvalue weighted by Crippen LogP contribution is -1.97. The van der Waals surface area contributed by atoms with Gasteiger partial charge in [0.2, 0.25) is 0 Å². The van der Waals surface area contributed by atoms with Crippen LogP contribution in [0.3, 0.4) is 0 Å². The lowest BCUT2D eigenvalue weighted by atomic mass is 10.3. The summed E-state index contributed by atoms with van der Waals surface area (Å²) in [5.74, 6) is 0.205. The number of pyridine rings is 1. The van der Waals surface area contributed by atoms with Gasteiger partial charge in [-0.3, -0.25) is 10.7 Å². The van der Waals surface area contributed by atoms with Crippen LogP contribution in [0.5, 0.6) is 5.75 Å². The van der Waals surface area contributed by atoms with Crippen molar-refractivity contribution in [1.29, 1.82) is 0 Å². The fourth-order valence-corrected chi connectivity index (χ4v) is 1.46. The summed E-state index contributed by atoms with van der Waals surface area (Å²) >= 11 is 0. The second kappa shape index (κ2) is 5.33. The number of methoxy groups -OCH3 is 1. The van der Waals surface area contributed by atoms with Crippen LogP contribution in [0.1, 0.15) is 0 Å². The van der Waals surface area contributed by atoms with Gasteiger partial charge in [0.05, 0.1) is 12.8 Å². The van der Waals surface area contributed by atoms with E-state index in [2.05, 4.69) is 10.3 Å². The molecule has 0 spiro atoms. The van der Waals surface area contributed by atoms with Crippen LogP contribution in [0.15, 0.2) is 36.5 Å². The lowest BCUT2D eigenvalue weighted by Gasteiger charge is -2.08. The summed E-state index contributed by atoms with van der Waals surface area (Å²) in [6.45, 7) is 0. The molecule has 3 N–H and O–H groups in total. The van der Waals surface area contributed by atoms with Gasteiger partial charge in [-0.15, -0.1) is 0 Å². The molecule has 2 rings (SSSR count).